The lowest BCUT2D eigenvalue weighted by atomic mass is 9.63. The fourth-order valence-corrected chi connectivity index (χ4v) is 6.50. The van der Waals surface area contributed by atoms with Gasteiger partial charge < -0.3 is 0 Å². The quantitative estimate of drug-likeness (QED) is 0.418. The molecule has 0 bridgehead atoms. The first kappa shape index (κ1) is 19.7. The maximum Gasteiger partial charge on any atom is 0.0212 e. The first-order valence-electron chi connectivity index (χ1n) is 10.8. The maximum atomic E-state index is 4.43. The van der Waals surface area contributed by atoms with Crippen molar-refractivity contribution < 1.29 is 0 Å². The highest BCUT2D eigenvalue weighted by molar-refractivity contribution is 5.55. The number of hydrogen-bond donors (Lipinski definition) is 0. The Kier molecular flexibility index (Phi) is 5.21. The highest BCUT2D eigenvalue weighted by Crippen LogP contribution is 2.63. The minimum Gasteiger partial charge on any atom is -0.103 e. The van der Waals surface area contributed by atoms with E-state index in [0.717, 1.165) is 32.1 Å². The molecule has 2 aliphatic carbocycles. The first-order chi connectivity index (χ1) is 14.2. The van der Waals surface area contributed by atoms with Crippen molar-refractivity contribution in [2.75, 3.05) is 0 Å². The van der Waals surface area contributed by atoms with Crippen LogP contribution in [0.4, 0.5) is 0 Å². The van der Waals surface area contributed by atoms with E-state index in [-0.39, 0.29) is 10.8 Å². The Balaban J connectivity index is 1.95. The number of allylic oxidation sites excluding steroid dienone is 4. The maximum absolute atomic E-state index is 4.43. The molecule has 3 atom stereocenters. The van der Waals surface area contributed by atoms with Gasteiger partial charge in [0.05, 0.1) is 0 Å². The second-order valence-electron chi connectivity index (χ2n) is 8.90. The average molecular weight is 381 g/mol. The highest BCUT2D eigenvalue weighted by atomic mass is 14.6. The number of hydrogen-bond acceptors (Lipinski definition) is 0. The summed E-state index contributed by atoms with van der Waals surface area (Å²) in [6.45, 7) is 16.7. The van der Waals surface area contributed by atoms with Crippen LogP contribution < -0.4 is 0 Å². The largest absolute Gasteiger partial charge is 0.103 e. The highest BCUT2D eigenvalue weighted by Gasteiger charge is 2.56. The van der Waals surface area contributed by atoms with E-state index in [4.69, 9.17) is 0 Å². The standard InChI is InChI=1S/C29H32/c1-5-13-23-20-22-14-9-10-15-24(22)27(23)29(8-4)21-28(18-6-2,19-7-3)25-16-11-12-17-26(25)29/h5-12,14-17,23,27H,1-4,13,18-21H2. The molecule has 29 heavy (non-hydrogen) atoms. The third-order valence-electron chi connectivity index (χ3n) is 7.43. The van der Waals surface area contributed by atoms with Gasteiger partial charge in [0, 0.05) is 16.7 Å². The Morgan fingerprint density at radius 3 is 2.14 bits per heavy atom. The predicted molar refractivity (Wildman–Crippen MR) is 125 cm³/mol. The topological polar surface area (TPSA) is 0 Å². The summed E-state index contributed by atoms with van der Waals surface area (Å²) in [6, 6.07) is 18.1. The van der Waals surface area contributed by atoms with Crippen LogP contribution in [0.1, 0.15) is 53.9 Å². The van der Waals surface area contributed by atoms with E-state index in [2.05, 4.69) is 99.2 Å². The van der Waals surface area contributed by atoms with Gasteiger partial charge in [0.15, 0.2) is 0 Å². The van der Waals surface area contributed by atoms with Gasteiger partial charge in [0.25, 0.3) is 0 Å². The number of rotatable bonds is 8. The van der Waals surface area contributed by atoms with E-state index >= 15 is 0 Å². The van der Waals surface area contributed by atoms with Crippen molar-refractivity contribution >= 4 is 0 Å². The zero-order chi connectivity index (χ0) is 20.5. The van der Waals surface area contributed by atoms with Crippen LogP contribution in [0.5, 0.6) is 0 Å². The lowest BCUT2D eigenvalue weighted by Gasteiger charge is -2.40. The smallest absolute Gasteiger partial charge is 0.0212 e. The second-order valence-corrected chi connectivity index (χ2v) is 8.90. The Morgan fingerprint density at radius 2 is 1.48 bits per heavy atom. The van der Waals surface area contributed by atoms with Gasteiger partial charge in [-0.25, -0.2) is 0 Å². The fraction of sp³-hybridized carbons (Fsp3) is 0.310. The summed E-state index contributed by atoms with van der Waals surface area (Å²) in [5, 5.41) is 0. The van der Waals surface area contributed by atoms with Crippen molar-refractivity contribution in [1.82, 2.24) is 0 Å². The van der Waals surface area contributed by atoms with Crippen molar-refractivity contribution in [2.24, 2.45) is 5.92 Å². The third-order valence-corrected chi connectivity index (χ3v) is 7.43. The summed E-state index contributed by atoms with van der Waals surface area (Å²) in [7, 11) is 0. The molecule has 2 aromatic carbocycles. The van der Waals surface area contributed by atoms with E-state index in [0.29, 0.717) is 11.8 Å². The van der Waals surface area contributed by atoms with Crippen LogP contribution >= 0.6 is 0 Å². The average Bonchev–Trinajstić information content (AvgIpc) is 3.23. The van der Waals surface area contributed by atoms with Crippen molar-refractivity contribution in [1.29, 1.82) is 0 Å². The minimum absolute atomic E-state index is 0.0462. The minimum atomic E-state index is -0.0805. The van der Waals surface area contributed by atoms with Gasteiger partial charge in [0.1, 0.15) is 0 Å². The molecule has 2 aromatic rings. The summed E-state index contributed by atoms with van der Waals surface area (Å²) in [4.78, 5) is 0. The van der Waals surface area contributed by atoms with Gasteiger partial charge in [-0.3, -0.25) is 0 Å². The molecule has 0 spiro atoms. The van der Waals surface area contributed by atoms with Crippen molar-refractivity contribution in [3.63, 3.8) is 0 Å². The molecule has 148 valence electrons. The Labute approximate surface area is 176 Å². The normalized spacial score (nSPS) is 26.3. The van der Waals surface area contributed by atoms with Gasteiger partial charge in [-0.05, 0) is 60.3 Å². The molecule has 0 heterocycles. The first-order valence-corrected chi connectivity index (χ1v) is 10.8. The van der Waals surface area contributed by atoms with Gasteiger partial charge >= 0.3 is 0 Å². The van der Waals surface area contributed by atoms with Crippen LogP contribution in [0.3, 0.4) is 0 Å². The molecule has 2 aliphatic rings. The SMILES string of the molecule is C=CCC1Cc2ccccc2C1C1(C=C)CC(CC=C)(CC=C)c2ccccc21. The second kappa shape index (κ2) is 7.67. The molecular weight excluding hydrogens is 348 g/mol. The lowest BCUT2D eigenvalue weighted by molar-refractivity contribution is 0.276. The number of benzene rings is 2. The third kappa shape index (κ3) is 2.89. The molecule has 0 saturated carbocycles. The molecular formula is C29H32. The van der Waals surface area contributed by atoms with Crippen LogP contribution in [-0.4, -0.2) is 0 Å². The van der Waals surface area contributed by atoms with Crippen LogP contribution in [0.25, 0.3) is 0 Å². The van der Waals surface area contributed by atoms with Gasteiger partial charge in [-0.2, -0.15) is 0 Å². The summed E-state index contributed by atoms with van der Waals surface area (Å²) in [6.07, 6.45) is 13.7. The van der Waals surface area contributed by atoms with Crippen molar-refractivity contribution in [3.8, 4) is 0 Å². The van der Waals surface area contributed by atoms with Gasteiger partial charge in [0.2, 0.25) is 0 Å². The summed E-state index contributed by atoms with van der Waals surface area (Å²) in [5.41, 5.74) is 5.87. The molecule has 0 N–H and O–H groups in total. The molecule has 0 aliphatic heterocycles. The van der Waals surface area contributed by atoms with Crippen LogP contribution in [0, 0.1) is 5.92 Å². The molecule has 0 amide bonds. The molecule has 4 rings (SSSR count). The molecule has 0 saturated heterocycles. The molecule has 0 radical (unpaired) electrons. The molecule has 3 unspecified atom stereocenters. The van der Waals surface area contributed by atoms with Crippen molar-refractivity contribution in [2.45, 2.75) is 48.9 Å². The zero-order valence-electron chi connectivity index (χ0n) is 17.4. The van der Waals surface area contributed by atoms with Gasteiger partial charge in [-0.15, -0.1) is 26.3 Å². The van der Waals surface area contributed by atoms with Crippen molar-refractivity contribution in [3.05, 3.63) is 121 Å². The Bertz CT molecular complexity index is 936. The lowest BCUT2D eigenvalue weighted by Crippen LogP contribution is -2.35. The van der Waals surface area contributed by atoms with E-state index in [1.54, 1.807) is 0 Å². The van der Waals surface area contributed by atoms with Crippen LogP contribution in [0.2, 0.25) is 0 Å². The molecule has 0 heteroatoms. The van der Waals surface area contributed by atoms with E-state index in [9.17, 15) is 0 Å². The molecule has 0 fully saturated rings. The molecule has 0 nitrogen and oxygen atoms in total. The fourth-order valence-electron chi connectivity index (χ4n) is 6.50. The monoisotopic (exact) mass is 380 g/mol. The summed E-state index contributed by atoms with van der Waals surface area (Å²) >= 11 is 0. The van der Waals surface area contributed by atoms with E-state index in [1.807, 2.05) is 0 Å². The van der Waals surface area contributed by atoms with E-state index in [1.165, 1.54) is 22.3 Å². The number of fused-ring (bicyclic) bond motifs is 2. The summed E-state index contributed by atoms with van der Waals surface area (Å²) < 4.78 is 0. The molecule has 0 aromatic heterocycles. The van der Waals surface area contributed by atoms with E-state index < -0.39 is 0 Å². The summed E-state index contributed by atoms with van der Waals surface area (Å²) in [5.74, 6) is 0.978. The Hall–Kier alpha value is -2.60. The van der Waals surface area contributed by atoms with Gasteiger partial charge in [-0.1, -0.05) is 72.8 Å². The Morgan fingerprint density at radius 1 is 0.828 bits per heavy atom. The zero-order valence-corrected chi connectivity index (χ0v) is 17.4. The predicted octanol–water partition coefficient (Wildman–Crippen LogP) is 7.44. The van der Waals surface area contributed by atoms with Crippen LogP contribution in [0.15, 0.2) is 99.2 Å². The van der Waals surface area contributed by atoms with Crippen LogP contribution in [-0.2, 0) is 17.3 Å².